The molecule has 2 aromatic rings. The van der Waals surface area contributed by atoms with Crippen LogP contribution in [0, 0.1) is 0 Å². The highest BCUT2D eigenvalue weighted by molar-refractivity contribution is 9.10. The number of hydrogen-bond acceptors (Lipinski definition) is 7. The molecule has 2 heterocycles. The second-order valence-electron chi connectivity index (χ2n) is 3.53. The third-order valence-electron chi connectivity index (χ3n) is 2.45. The molecule has 0 amide bonds. The zero-order valence-electron chi connectivity index (χ0n) is 9.71. The van der Waals surface area contributed by atoms with Crippen molar-refractivity contribution in [2.45, 2.75) is 12.6 Å². The van der Waals surface area contributed by atoms with Gasteiger partial charge in [-0.25, -0.2) is 5.43 Å². The summed E-state index contributed by atoms with van der Waals surface area (Å²) in [5, 5.41) is 4.28. The maximum absolute atomic E-state index is 5.62. The minimum atomic E-state index is -0.252. The van der Waals surface area contributed by atoms with Gasteiger partial charge >= 0.3 is 0 Å². The number of nitrogens with one attached hydrogen (secondary N) is 1. The molecular formula is C9H13BrN6OS. The summed E-state index contributed by atoms with van der Waals surface area (Å²) in [6.45, 7) is 1.22. The van der Waals surface area contributed by atoms with Crippen LogP contribution in [0.25, 0.3) is 0 Å². The molecule has 0 aliphatic heterocycles. The Hall–Kier alpha value is -0.870. The summed E-state index contributed by atoms with van der Waals surface area (Å²) in [5.41, 5.74) is 4.41. The van der Waals surface area contributed by atoms with Gasteiger partial charge in [-0.05, 0) is 15.9 Å². The van der Waals surface area contributed by atoms with E-state index in [9.17, 15) is 0 Å². The highest BCUT2D eigenvalue weighted by Gasteiger charge is 2.22. The standard InChI is InChI=1S/C9H13BrN6OS/c1-17-3-2-16-9(6(10)4-12-16)8(14-11)7-5-13-18-15-7/h4-5,8,14H,2-3,11H2,1H3. The molecule has 9 heteroatoms. The third kappa shape index (κ3) is 2.75. The van der Waals surface area contributed by atoms with Crippen molar-refractivity contribution >= 4 is 27.7 Å². The Kier molecular flexibility index (Phi) is 4.78. The highest BCUT2D eigenvalue weighted by atomic mass is 79.9. The lowest BCUT2D eigenvalue weighted by atomic mass is 10.1. The molecule has 0 fully saturated rings. The summed E-state index contributed by atoms with van der Waals surface area (Å²) < 4.78 is 15.9. The van der Waals surface area contributed by atoms with Gasteiger partial charge in [-0.3, -0.25) is 10.5 Å². The molecule has 0 spiro atoms. The lowest BCUT2D eigenvalue weighted by Gasteiger charge is -2.16. The highest BCUT2D eigenvalue weighted by Crippen LogP contribution is 2.27. The van der Waals surface area contributed by atoms with E-state index in [4.69, 9.17) is 10.6 Å². The van der Waals surface area contributed by atoms with Crippen LogP contribution in [0.4, 0.5) is 0 Å². The number of hydrazine groups is 1. The largest absolute Gasteiger partial charge is 0.383 e. The summed E-state index contributed by atoms with van der Waals surface area (Å²) in [5.74, 6) is 5.62. The zero-order valence-corrected chi connectivity index (χ0v) is 12.1. The molecule has 7 nitrogen and oxygen atoms in total. The van der Waals surface area contributed by atoms with Gasteiger partial charge in [-0.15, -0.1) is 0 Å². The molecule has 2 aromatic heterocycles. The molecule has 0 aliphatic carbocycles. The normalized spacial score (nSPS) is 12.8. The molecule has 2 rings (SSSR count). The fraction of sp³-hybridized carbons (Fsp3) is 0.444. The predicted octanol–water partition coefficient (Wildman–Crippen LogP) is 0.696. The monoisotopic (exact) mass is 332 g/mol. The summed E-state index contributed by atoms with van der Waals surface area (Å²) in [6.07, 6.45) is 3.42. The average Bonchev–Trinajstić information content (AvgIpc) is 3.00. The Morgan fingerprint density at radius 3 is 3.06 bits per heavy atom. The quantitative estimate of drug-likeness (QED) is 0.597. The Morgan fingerprint density at radius 2 is 2.44 bits per heavy atom. The number of rotatable bonds is 6. The van der Waals surface area contributed by atoms with Crippen LogP contribution in [0.15, 0.2) is 16.9 Å². The minimum absolute atomic E-state index is 0.252. The number of hydrogen-bond donors (Lipinski definition) is 2. The van der Waals surface area contributed by atoms with Crippen LogP contribution in [-0.2, 0) is 11.3 Å². The van der Waals surface area contributed by atoms with Crippen LogP contribution >= 0.6 is 27.7 Å². The zero-order chi connectivity index (χ0) is 13.0. The fourth-order valence-electron chi connectivity index (χ4n) is 1.62. The van der Waals surface area contributed by atoms with Crippen molar-refractivity contribution in [3.05, 3.63) is 28.3 Å². The molecule has 1 atom stereocenters. The number of nitrogens with zero attached hydrogens (tertiary/aromatic N) is 4. The first-order valence-electron chi connectivity index (χ1n) is 5.21. The molecule has 0 aromatic carbocycles. The van der Waals surface area contributed by atoms with Crippen LogP contribution in [0.2, 0.25) is 0 Å². The maximum Gasteiger partial charge on any atom is 0.109 e. The topological polar surface area (TPSA) is 90.9 Å². The van der Waals surface area contributed by atoms with E-state index in [1.54, 1.807) is 19.5 Å². The Bertz CT molecular complexity index is 487. The fourth-order valence-corrected chi connectivity index (χ4v) is 2.59. The van der Waals surface area contributed by atoms with Crippen molar-refractivity contribution in [3.63, 3.8) is 0 Å². The average molecular weight is 333 g/mol. The van der Waals surface area contributed by atoms with Crippen LogP contribution in [0.3, 0.4) is 0 Å². The van der Waals surface area contributed by atoms with Crippen LogP contribution in [-0.4, -0.2) is 32.2 Å². The van der Waals surface area contributed by atoms with Gasteiger partial charge in [0.2, 0.25) is 0 Å². The first-order valence-corrected chi connectivity index (χ1v) is 6.74. The molecule has 0 saturated carbocycles. The molecule has 98 valence electrons. The third-order valence-corrected chi connectivity index (χ3v) is 3.56. The second-order valence-corrected chi connectivity index (χ2v) is 4.94. The molecule has 1 unspecified atom stereocenters. The van der Waals surface area contributed by atoms with Crippen molar-refractivity contribution in [3.8, 4) is 0 Å². The van der Waals surface area contributed by atoms with E-state index < -0.39 is 0 Å². The van der Waals surface area contributed by atoms with Gasteiger partial charge in [-0.1, -0.05) is 0 Å². The van der Waals surface area contributed by atoms with E-state index in [1.807, 2.05) is 4.68 Å². The van der Waals surface area contributed by atoms with Gasteiger partial charge in [0.15, 0.2) is 0 Å². The first kappa shape index (κ1) is 13.6. The maximum atomic E-state index is 5.62. The van der Waals surface area contributed by atoms with E-state index in [0.717, 1.165) is 27.6 Å². The molecule has 0 aliphatic rings. The van der Waals surface area contributed by atoms with Gasteiger partial charge < -0.3 is 4.74 Å². The summed E-state index contributed by atoms with van der Waals surface area (Å²) >= 11 is 4.62. The van der Waals surface area contributed by atoms with E-state index in [0.29, 0.717) is 13.2 Å². The predicted molar refractivity (Wildman–Crippen MR) is 70.9 cm³/mol. The SMILES string of the molecule is COCCn1ncc(Br)c1C(NN)c1cnsn1. The second kappa shape index (κ2) is 6.34. The minimum Gasteiger partial charge on any atom is -0.383 e. The summed E-state index contributed by atoms with van der Waals surface area (Å²) in [4.78, 5) is 0. The summed E-state index contributed by atoms with van der Waals surface area (Å²) in [6, 6.07) is -0.252. The van der Waals surface area contributed by atoms with Gasteiger partial charge in [0.25, 0.3) is 0 Å². The molecule has 0 radical (unpaired) electrons. The van der Waals surface area contributed by atoms with Gasteiger partial charge in [0.1, 0.15) is 6.04 Å². The van der Waals surface area contributed by atoms with Crippen LogP contribution in [0.1, 0.15) is 17.4 Å². The molecule has 18 heavy (non-hydrogen) atoms. The number of aromatic nitrogens is 4. The lowest BCUT2D eigenvalue weighted by Crippen LogP contribution is -2.31. The number of halogens is 1. The van der Waals surface area contributed by atoms with Crippen molar-refractivity contribution in [1.82, 2.24) is 24.0 Å². The lowest BCUT2D eigenvalue weighted by molar-refractivity contribution is 0.182. The van der Waals surface area contributed by atoms with Crippen molar-refractivity contribution < 1.29 is 4.74 Å². The molecule has 3 N–H and O–H groups in total. The van der Waals surface area contributed by atoms with Crippen LogP contribution < -0.4 is 11.3 Å². The number of methoxy groups -OCH3 is 1. The Labute approximate surface area is 117 Å². The molecule has 0 bridgehead atoms. The first-order chi connectivity index (χ1) is 8.77. The van der Waals surface area contributed by atoms with Crippen molar-refractivity contribution in [1.29, 1.82) is 0 Å². The van der Waals surface area contributed by atoms with E-state index >= 15 is 0 Å². The van der Waals surface area contributed by atoms with Crippen molar-refractivity contribution in [2.75, 3.05) is 13.7 Å². The van der Waals surface area contributed by atoms with Crippen molar-refractivity contribution in [2.24, 2.45) is 5.84 Å². The Morgan fingerprint density at radius 1 is 1.61 bits per heavy atom. The van der Waals surface area contributed by atoms with E-state index in [1.165, 1.54) is 0 Å². The van der Waals surface area contributed by atoms with E-state index in [2.05, 4.69) is 35.2 Å². The van der Waals surface area contributed by atoms with Gasteiger partial charge in [0.05, 0.1) is 53.1 Å². The van der Waals surface area contributed by atoms with Crippen LogP contribution in [0.5, 0.6) is 0 Å². The Balaban J connectivity index is 2.32. The number of nitrogens with two attached hydrogens (primary N) is 1. The van der Waals surface area contributed by atoms with Gasteiger partial charge in [-0.2, -0.15) is 13.8 Å². The summed E-state index contributed by atoms with van der Waals surface area (Å²) in [7, 11) is 1.65. The molecule has 0 saturated heterocycles. The smallest absolute Gasteiger partial charge is 0.109 e. The number of ether oxygens (including phenoxy) is 1. The van der Waals surface area contributed by atoms with E-state index in [-0.39, 0.29) is 6.04 Å². The van der Waals surface area contributed by atoms with Gasteiger partial charge in [0, 0.05) is 7.11 Å². The molecular weight excluding hydrogens is 320 g/mol.